The Bertz CT molecular complexity index is 1910. The van der Waals surface area contributed by atoms with Gasteiger partial charge in [-0.3, -0.25) is 0 Å². The van der Waals surface area contributed by atoms with Crippen LogP contribution in [0.5, 0.6) is 28.7 Å². The number of H-pyrrole nitrogens is 2. The molecule has 2 aromatic heterocycles. The van der Waals surface area contributed by atoms with E-state index < -0.39 is 0 Å². The Hall–Kier alpha value is -4.52. The van der Waals surface area contributed by atoms with Crippen molar-refractivity contribution in [1.82, 2.24) is 9.97 Å². The van der Waals surface area contributed by atoms with E-state index >= 15 is 0 Å². The zero-order valence-corrected chi connectivity index (χ0v) is 22.3. The third-order valence-corrected chi connectivity index (χ3v) is 7.93. The molecular weight excluding hydrogens is 480 g/mol. The first-order valence-electron chi connectivity index (χ1n) is 12.5. The van der Waals surface area contributed by atoms with Crippen LogP contribution in [-0.2, 0) is 6.42 Å². The number of aromatic hydroxyl groups is 2. The highest BCUT2D eigenvalue weighted by Crippen LogP contribution is 2.46. The van der Waals surface area contributed by atoms with Gasteiger partial charge in [-0.2, -0.15) is 0 Å². The number of phenols is 2. The van der Waals surface area contributed by atoms with E-state index in [4.69, 9.17) is 14.2 Å². The smallest absolute Gasteiger partial charge is 0.168 e. The van der Waals surface area contributed by atoms with Gasteiger partial charge in [0.1, 0.15) is 5.75 Å². The number of rotatable bonds is 5. The van der Waals surface area contributed by atoms with Gasteiger partial charge in [0.25, 0.3) is 0 Å². The molecule has 0 saturated carbocycles. The van der Waals surface area contributed by atoms with Crippen LogP contribution in [0.15, 0.2) is 36.4 Å². The number of aromatic nitrogens is 2. The zero-order valence-electron chi connectivity index (χ0n) is 22.3. The molecule has 0 saturated heterocycles. The fourth-order valence-corrected chi connectivity index (χ4v) is 5.84. The van der Waals surface area contributed by atoms with Crippen molar-refractivity contribution in [2.45, 2.75) is 27.2 Å². The van der Waals surface area contributed by atoms with Crippen molar-refractivity contribution in [3.8, 4) is 28.7 Å². The van der Waals surface area contributed by atoms with Gasteiger partial charge in [0.2, 0.25) is 0 Å². The fourth-order valence-electron chi connectivity index (χ4n) is 5.84. The molecule has 4 aromatic carbocycles. The Balaban J connectivity index is 1.59. The van der Waals surface area contributed by atoms with Gasteiger partial charge in [0, 0.05) is 27.4 Å². The molecule has 2 heterocycles. The lowest BCUT2D eigenvalue weighted by atomic mass is 9.94. The highest BCUT2D eigenvalue weighted by atomic mass is 16.5. The first kappa shape index (κ1) is 23.9. The molecule has 7 heteroatoms. The molecule has 6 rings (SSSR count). The maximum absolute atomic E-state index is 11.2. The number of fused-ring (bicyclic) bond motifs is 6. The summed E-state index contributed by atoms with van der Waals surface area (Å²) in [6.45, 7) is 5.95. The standard InChI is InChI=1S/C31H30N2O5/c1-14-15(2)30(37-5)28(34)24-20-12-17(7-9-22(20)32-26(14)24)11-19-16(3)31(38-6)29(35)25-21-13-18(36-4)8-10-23(21)33-27(19)25/h7-10,12-13,32-35H,11H2,1-6H3. The first-order chi connectivity index (χ1) is 18.3. The van der Waals surface area contributed by atoms with Crippen LogP contribution in [-0.4, -0.2) is 41.5 Å². The van der Waals surface area contributed by atoms with Crippen LogP contribution in [0, 0.1) is 20.8 Å². The topological polar surface area (TPSA) is 99.7 Å². The number of phenolic OH excluding ortho intramolecular Hbond substituents is 2. The molecule has 0 aliphatic heterocycles. The molecular formula is C31H30N2O5. The Morgan fingerprint density at radius 2 is 1.24 bits per heavy atom. The van der Waals surface area contributed by atoms with Gasteiger partial charge in [0.05, 0.1) is 43.1 Å². The zero-order chi connectivity index (χ0) is 26.9. The summed E-state index contributed by atoms with van der Waals surface area (Å²) in [4.78, 5) is 7.00. The summed E-state index contributed by atoms with van der Waals surface area (Å²) in [7, 11) is 4.78. The van der Waals surface area contributed by atoms with Gasteiger partial charge in [-0.15, -0.1) is 0 Å². The van der Waals surface area contributed by atoms with Crippen LogP contribution in [0.2, 0.25) is 0 Å². The largest absolute Gasteiger partial charge is 0.504 e. The Morgan fingerprint density at radius 3 is 1.89 bits per heavy atom. The number of hydrogen-bond donors (Lipinski definition) is 4. The average molecular weight is 511 g/mol. The molecule has 4 N–H and O–H groups in total. The Kier molecular flexibility index (Phi) is 5.35. The van der Waals surface area contributed by atoms with Crippen molar-refractivity contribution in [1.29, 1.82) is 0 Å². The number of benzene rings is 4. The highest BCUT2D eigenvalue weighted by Gasteiger charge is 2.23. The van der Waals surface area contributed by atoms with E-state index in [2.05, 4.69) is 22.1 Å². The molecule has 38 heavy (non-hydrogen) atoms. The lowest BCUT2D eigenvalue weighted by Gasteiger charge is -2.15. The van der Waals surface area contributed by atoms with Crippen LogP contribution in [0.3, 0.4) is 0 Å². The van der Waals surface area contributed by atoms with Crippen LogP contribution >= 0.6 is 0 Å². The van der Waals surface area contributed by atoms with E-state index in [0.717, 1.165) is 66.0 Å². The molecule has 6 aromatic rings. The van der Waals surface area contributed by atoms with Gasteiger partial charge in [0.15, 0.2) is 23.0 Å². The van der Waals surface area contributed by atoms with E-state index in [0.29, 0.717) is 29.1 Å². The molecule has 0 bridgehead atoms. The molecule has 0 atom stereocenters. The van der Waals surface area contributed by atoms with E-state index in [1.54, 1.807) is 21.3 Å². The monoisotopic (exact) mass is 510 g/mol. The molecule has 0 fully saturated rings. The van der Waals surface area contributed by atoms with Crippen LogP contribution in [0.1, 0.15) is 27.8 Å². The van der Waals surface area contributed by atoms with Gasteiger partial charge in [-0.1, -0.05) is 6.07 Å². The van der Waals surface area contributed by atoms with Gasteiger partial charge in [-0.05, 0) is 79.8 Å². The van der Waals surface area contributed by atoms with Crippen LogP contribution in [0.25, 0.3) is 43.6 Å². The Labute approximate surface area is 219 Å². The van der Waals surface area contributed by atoms with Crippen molar-refractivity contribution < 1.29 is 24.4 Å². The van der Waals surface area contributed by atoms with Crippen LogP contribution in [0.4, 0.5) is 0 Å². The van der Waals surface area contributed by atoms with Crippen molar-refractivity contribution in [2.24, 2.45) is 0 Å². The minimum atomic E-state index is 0.109. The van der Waals surface area contributed by atoms with E-state index in [9.17, 15) is 10.2 Å². The summed E-state index contributed by atoms with van der Waals surface area (Å²) in [6, 6.07) is 12.0. The minimum Gasteiger partial charge on any atom is -0.504 e. The molecule has 0 aliphatic rings. The predicted octanol–water partition coefficient (Wildman–Crippen LogP) is 6.91. The molecule has 0 radical (unpaired) electrons. The SMILES string of the molecule is COc1ccc2[nH]c3c(Cc4ccc5[nH]c6c(C)c(C)c(OC)c(O)c6c5c4)c(C)c(OC)c(O)c3c2c1. The fraction of sp³-hybridized carbons (Fsp3) is 0.226. The summed E-state index contributed by atoms with van der Waals surface area (Å²) in [5, 5.41) is 25.6. The predicted molar refractivity (Wildman–Crippen MR) is 152 cm³/mol. The lowest BCUT2D eigenvalue weighted by molar-refractivity contribution is 0.373. The normalized spacial score (nSPS) is 11.7. The molecule has 0 unspecified atom stereocenters. The second-order valence-electron chi connectivity index (χ2n) is 9.84. The second-order valence-corrected chi connectivity index (χ2v) is 9.84. The number of nitrogens with one attached hydrogen (secondary N) is 2. The van der Waals surface area contributed by atoms with Gasteiger partial charge < -0.3 is 34.4 Å². The summed E-state index contributed by atoms with van der Waals surface area (Å²) in [5.74, 6) is 1.92. The second kappa shape index (κ2) is 8.52. The molecule has 0 amide bonds. The third kappa shape index (κ3) is 3.21. The minimum absolute atomic E-state index is 0.109. The first-order valence-corrected chi connectivity index (χ1v) is 12.5. The molecule has 0 aliphatic carbocycles. The summed E-state index contributed by atoms with van der Waals surface area (Å²) in [6.07, 6.45) is 0.592. The highest BCUT2D eigenvalue weighted by molar-refractivity contribution is 6.14. The maximum Gasteiger partial charge on any atom is 0.168 e. The number of methoxy groups -OCH3 is 3. The maximum atomic E-state index is 11.2. The van der Waals surface area contributed by atoms with Crippen LogP contribution < -0.4 is 14.2 Å². The van der Waals surface area contributed by atoms with Gasteiger partial charge >= 0.3 is 0 Å². The van der Waals surface area contributed by atoms with E-state index in [1.807, 2.05) is 45.0 Å². The van der Waals surface area contributed by atoms with Crippen molar-refractivity contribution in [3.05, 3.63) is 64.2 Å². The van der Waals surface area contributed by atoms with E-state index in [1.165, 1.54) is 0 Å². The summed E-state index contributed by atoms with van der Waals surface area (Å²) >= 11 is 0. The van der Waals surface area contributed by atoms with Gasteiger partial charge in [-0.25, -0.2) is 0 Å². The number of hydrogen-bond acceptors (Lipinski definition) is 5. The molecule has 0 spiro atoms. The third-order valence-electron chi connectivity index (χ3n) is 7.93. The number of ether oxygens (including phenoxy) is 3. The Morgan fingerprint density at radius 1 is 0.658 bits per heavy atom. The lowest BCUT2D eigenvalue weighted by Crippen LogP contribution is -1.98. The summed E-state index contributed by atoms with van der Waals surface area (Å²) in [5.41, 5.74) is 8.52. The average Bonchev–Trinajstić information content (AvgIpc) is 3.49. The van der Waals surface area contributed by atoms with Crippen molar-refractivity contribution in [3.63, 3.8) is 0 Å². The number of aryl methyl sites for hydroxylation is 1. The quantitative estimate of drug-likeness (QED) is 0.202. The van der Waals surface area contributed by atoms with Crippen molar-refractivity contribution in [2.75, 3.05) is 21.3 Å². The number of aromatic amines is 2. The molecule has 7 nitrogen and oxygen atoms in total. The molecule has 194 valence electrons. The van der Waals surface area contributed by atoms with E-state index in [-0.39, 0.29) is 11.5 Å². The summed E-state index contributed by atoms with van der Waals surface area (Å²) < 4.78 is 16.6. The van der Waals surface area contributed by atoms with Crippen molar-refractivity contribution >= 4 is 43.6 Å².